The molecule has 1 aromatic rings. The first-order valence-electron chi connectivity index (χ1n) is 6.74. The normalized spacial score (nSPS) is 22.0. The molecule has 0 saturated carbocycles. The van der Waals surface area contributed by atoms with Crippen molar-refractivity contribution in [3.63, 3.8) is 0 Å². The fourth-order valence-corrected chi connectivity index (χ4v) is 3.32. The van der Waals surface area contributed by atoms with Gasteiger partial charge in [0.2, 0.25) is 10.0 Å². The van der Waals surface area contributed by atoms with E-state index in [1.807, 2.05) is 0 Å². The van der Waals surface area contributed by atoms with E-state index in [0.717, 1.165) is 4.31 Å². The number of pyridine rings is 1. The number of hydrogen-bond donors (Lipinski definition) is 2. The first-order valence-corrected chi connectivity index (χ1v) is 8.35. The molecule has 2 heterocycles. The lowest BCUT2D eigenvalue weighted by Gasteiger charge is -2.20. The van der Waals surface area contributed by atoms with E-state index in [2.05, 4.69) is 10.3 Å². The maximum atomic E-state index is 12.1. The van der Waals surface area contributed by atoms with Crippen molar-refractivity contribution >= 4 is 15.9 Å². The van der Waals surface area contributed by atoms with Crippen LogP contribution >= 0.6 is 0 Å². The van der Waals surface area contributed by atoms with E-state index >= 15 is 0 Å². The van der Waals surface area contributed by atoms with Gasteiger partial charge in [-0.15, -0.1) is 0 Å². The van der Waals surface area contributed by atoms with Gasteiger partial charge >= 0.3 is 0 Å². The van der Waals surface area contributed by atoms with Crippen molar-refractivity contribution < 1.29 is 23.1 Å². The van der Waals surface area contributed by atoms with Crippen molar-refractivity contribution in [1.29, 1.82) is 0 Å². The molecule has 2 N–H and O–H groups in total. The summed E-state index contributed by atoms with van der Waals surface area (Å²) in [6, 6.07) is 2.43. The molecule has 1 amide bonds. The molecule has 2 atom stereocenters. The molecule has 2 rings (SSSR count). The molecule has 122 valence electrons. The minimum atomic E-state index is -3.39. The number of amides is 1. The van der Waals surface area contributed by atoms with Crippen LogP contribution in [0.3, 0.4) is 0 Å². The number of aromatic nitrogens is 1. The summed E-state index contributed by atoms with van der Waals surface area (Å²) in [6.07, 6.45) is 1.40. The number of ether oxygens (including phenoxy) is 1. The first kappa shape index (κ1) is 16.7. The van der Waals surface area contributed by atoms with Gasteiger partial charge < -0.3 is 15.2 Å². The maximum absolute atomic E-state index is 12.1. The highest BCUT2D eigenvalue weighted by Crippen LogP contribution is 2.19. The lowest BCUT2D eigenvalue weighted by Crippen LogP contribution is -2.43. The van der Waals surface area contributed by atoms with Gasteiger partial charge in [-0.1, -0.05) is 0 Å². The molecule has 0 unspecified atom stereocenters. The summed E-state index contributed by atoms with van der Waals surface area (Å²) in [4.78, 5) is 15.9. The molecule has 0 spiro atoms. The summed E-state index contributed by atoms with van der Waals surface area (Å²) in [7, 11) is -0.460. The number of carbonyl (C=O) groups excluding carboxylic acids is 1. The van der Waals surface area contributed by atoms with Gasteiger partial charge in [-0.25, -0.2) is 17.7 Å². The van der Waals surface area contributed by atoms with Gasteiger partial charge in [0.05, 0.1) is 25.0 Å². The fraction of sp³-hybridized carbons (Fsp3) is 0.538. The quantitative estimate of drug-likeness (QED) is 0.748. The van der Waals surface area contributed by atoms with Crippen LogP contribution in [0.15, 0.2) is 18.3 Å². The van der Waals surface area contributed by atoms with Crippen molar-refractivity contribution in [1.82, 2.24) is 14.6 Å². The largest absolute Gasteiger partial charge is 0.505 e. The van der Waals surface area contributed by atoms with E-state index in [1.165, 1.54) is 32.4 Å². The van der Waals surface area contributed by atoms with Crippen molar-refractivity contribution in [2.24, 2.45) is 5.92 Å². The number of nitrogens with one attached hydrogen (secondary N) is 1. The maximum Gasteiger partial charge on any atom is 0.274 e. The van der Waals surface area contributed by atoms with E-state index in [-0.39, 0.29) is 36.3 Å². The second-order valence-electron chi connectivity index (χ2n) is 5.31. The molecule has 9 heteroatoms. The molecular formula is C13H19N3O5S. The van der Waals surface area contributed by atoms with E-state index in [1.54, 1.807) is 0 Å². The molecule has 0 radical (unpaired) electrons. The topological polar surface area (TPSA) is 109 Å². The Morgan fingerprint density at radius 3 is 2.86 bits per heavy atom. The predicted octanol–water partition coefficient (Wildman–Crippen LogP) is -0.577. The van der Waals surface area contributed by atoms with E-state index in [4.69, 9.17) is 4.74 Å². The number of nitrogens with zero attached hydrogens (tertiary/aromatic N) is 2. The minimum absolute atomic E-state index is 0.0939. The molecule has 8 nitrogen and oxygen atoms in total. The SMILES string of the molecule is CN(C)S(=O)(=O)C[C@@H]1COC[C@H]1NC(=O)c1ncccc1O. The Morgan fingerprint density at radius 1 is 1.50 bits per heavy atom. The summed E-state index contributed by atoms with van der Waals surface area (Å²) in [5, 5.41) is 12.3. The lowest BCUT2D eigenvalue weighted by atomic mass is 10.1. The smallest absolute Gasteiger partial charge is 0.274 e. The van der Waals surface area contributed by atoms with E-state index in [0.29, 0.717) is 0 Å². The highest BCUT2D eigenvalue weighted by atomic mass is 32.2. The van der Waals surface area contributed by atoms with E-state index < -0.39 is 22.0 Å². The highest BCUT2D eigenvalue weighted by molar-refractivity contribution is 7.89. The molecule has 0 bridgehead atoms. The Hall–Kier alpha value is -1.71. The monoisotopic (exact) mass is 329 g/mol. The average molecular weight is 329 g/mol. The third-order valence-electron chi connectivity index (χ3n) is 3.50. The van der Waals surface area contributed by atoms with Crippen molar-refractivity contribution in [3.05, 3.63) is 24.0 Å². The second-order valence-corrected chi connectivity index (χ2v) is 7.54. The zero-order valence-electron chi connectivity index (χ0n) is 12.4. The second kappa shape index (κ2) is 6.59. The Labute approximate surface area is 129 Å². The Kier molecular flexibility index (Phi) is 4.99. The van der Waals surface area contributed by atoms with Gasteiger partial charge in [-0.05, 0) is 12.1 Å². The van der Waals surface area contributed by atoms with Crippen molar-refractivity contribution in [2.75, 3.05) is 33.1 Å². The summed E-state index contributed by atoms with van der Waals surface area (Å²) in [5.41, 5.74) is -0.0939. The van der Waals surface area contributed by atoms with Crippen LogP contribution in [0.1, 0.15) is 10.5 Å². The number of rotatable bonds is 5. The molecule has 1 aromatic heterocycles. The predicted molar refractivity (Wildman–Crippen MR) is 78.9 cm³/mol. The third kappa shape index (κ3) is 3.73. The summed E-state index contributed by atoms with van der Waals surface area (Å²) < 4.78 is 30.3. The number of hydrogen-bond acceptors (Lipinski definition) is 6. The zero-order chi connectivity index (χ0) is 16.3. The van der Waals surface area contributed by atoms with Crippen LogP contribution in [-0.4, -0.2) is 67.8 Å². The summed E-state index contributed by atoms with van der Waals surface area (Å²) >= 11 is 0. The van der Waals surface area contributed by atoms with Crippen LogP contribution < -0.4 is 5.32 Å². The van der Waals surface area contributed by atoms with Crippen LogP contribution in [0.5, 0.6) is 5.75 Å². The molecule has 0 aliphatic carbocycles. The van der Waals surface area contributed by atoms with Crippen molar-refractivity contribution in [2.45, 2.75) is 6.04 Å². The molecule has 1 aliphatic heterocycles. The number of carbonyl (C=O) groups is 1. The van der Waals surface area contributed by atoms with Gasteiger partial charge in [0.25, 0.3) is 5.91 Å². The van der Waals surface area contributed by atoms with Gasteiger partial charge in [0.1, 0.15) is 5.75 Å². The highest BCUT2D eigenvalue weighted by Gasteiger charge is 2.34. The number of aromatic hydroxyl groups is 1. The summed E-state index contributed by atoms with van der Waals surface area (Å²) in [5.74, 6) is -1.24. The number of sulfonamides is 1. The Balaban J connectivity index is 2.06. The van der Waals surface area contributed by atoms with Crippen molar-refractivity contribution in [3.8, 4) is 5.75 Å². The van der Waals surface area contributed by atoms with Crippen LogP contribution in [0, 0.1) is 5.92 Å². The zero-order valence-corrected chi connectivity index (χ0v) is 13.2. The molecule has 0 aromatic carbocycles. The average Bonchev–Trinajstić information content (AvgIpc) is 2.85. The van der Waals surface area contributed by atoms with Crippen LogP contribution in [0.2, 0.25) is 0 Å². The van der Waals surface area contributed by atoms with Gasteiger partial charge in [0, 0.05) is 26.2 Å². The van der Waals surface area contributed by atoms with Gasteiger partial charge in [-0.2, -0.15) is 0 Å². The standard InChI is InChI=1S/C13H19N3O5S/c1-16(2)22(19,20)8-9-6-21-7-10(9)15-13(18)12-11(17)4-3-5-14-12/h3-5,9-10,17H,6-8H2,1-2H3,(H,15,18)/t9-,10+/m0/s1. The molecular weight excluding hydrogens is 310 g/mol. The van der Waals surface area contributed by atoms with Crippen LogP contribution in [0.4, 0.5) is 0 Å². The Bertz CT molecular complexity index is 647. The lowest BCUT2D eigenvalue weighted by molar-refractivity contribution is 0.0918. The molecule has 1 saturated heterocycles. The molecule has 22 heavy (non-hydrogen) atoms. The first-order chi connectivity index (χ1) is 10.3. The third-order valence-corrected chi connectivity index (χ3v) is 5.46. The summed E-state index contributed by atoms with van der Waals surface area (Å²) in [6.45, 7) is 0.485. The fourth-order valence-electron chi connectivity index (χ4n) is 2.15. The Morgan fingerprint density at radius 2 is 2.23 bits per heavy atom. The van der Waals surface area contributed by atoms with Gasteiger partial charge in [0.15, 0.2) is 5.69 Å². The van der Waals surface area contributed by atoms with Crippen LogP contribution in [-0.2, 0) is 14.8 Å². The molecule has 1 fully saturated rings. The molecule has 1 aliphatic rings. The van der Waals surface area contributed by atoms with Crippen LogP contribution in [0.25, 0.3) is 0 Å². The van der Waals surface area contributed by atoms with Gasteiger partial charge in [-0.3, -0.25) is 4.79 Å². The minimum Gasteiger partial charge on any atom is -0.505 e. The van der Waals surface area contributed by atoms with E-state index in [9.17, 15) is 18.3 Å².